The number of thiazole rings is 1. The molecule has 0 fully saturated rings. The molecule has 0 bridgehead atoms. The highest BCUT2D eigenvalue weighted by Crippen LogP contribution is 2.27. The molecule has 0 unspecified atom stereocenters. The number of rotatable bonds is 2. The molecule has 0 N–H and O–H groups in total. The summed E-state index contributed by atoms with van der Waals surface area (Å²) in [5.74, 6) is 0. The maximum atomic E-state index is 8.67. The fraction of sp³-hybridized carbons (Fsp3) is 0.231. The van der Waals surface area contributed by atoms with Gasteiger partial charge in [-0.25, -0.2) is 4.98 Å². The second-order valence-electron chi connectivity index (χ2n) is 3.72. The molecule has 3 heteroatoms. The highest BCUT2D eigenvalue weighted by molar-refractivity contribution is 7.15. The van der Waals surface area contributed by atoms with Crippen molar-refractivity contribution in [3.8, 4) is 16.6 Å². The Hall–Kier alpha value is -1.66. The first-order chi connectivity index (χ1) is 7.70. The minimum Gasteiger partial charge on any atom is -0.240 e. The van der Waals surface area contributed by atoms with E-state index < -0.39 is 0 Å². The smallest absolute Gasteiger partial charge is 0.123 e. The topological polar surface area (TPSA) is 36.7 Å². The van der Waals surface area contributed by atoms with E-state index in [-0.39, 0.29) is 0 Å². The fourth-order valence-corrected chi connectivity index (χ4v) is 2.42. The first-order valence-electron chi connectivity index (χ1n) is 5.11. The Morgan fingerprint density at radius 2 is 1.94 bits per heavy atom. The van der Waals surface area contributed by atoms with Crippen molar-refractivity contribution in [3.63, 3.8) is 0 Å². The predicted octanol–water partition coefficient (Wildman–Crippen LogP) is 3.49. The lowest BCUT2D eigenvalue weighted by atomic mass is 10.2. The molecule has 0 spiro atoms. The molecule has 0 amide bonds. The van der Waals surface area contributed by atoms with Crippen LogP contribution < -0.4 is 0 Å². The molecule has 16 heavy (non-hydrogen) atoms. The van der Waals surface area contributed by atoms with E-state index in [9.17, 15) is 0 Å². The molecule has 2 rings (SSSR count). The van der Waals surface area contributed by atoms with Gasteiger partial charge in [0.05, 0.1) is 18.2 Å². The number of nitrogens with zero attached hydrogens (tertiary/aromatic N) is 2. The lowest BCUT2D eigenvalue weighted by molar-refractivity contribution is 1.13. The van der Waals surface area contributed by atoms with Crippen LogP contribution in [0.2, 0.25) is 0 Å². The molecule has 1 aromatic heterocycles. The number of aryl methyl sites for hydroxylation is 2. The van der Waals surface area contributed by atoms with Gasteiger partial charge >= 0.3 is 0 Å². The van der Waals surface area contributed by atoms with E-state index in [4.69, 9.17) is 5.26 Å². The Morgan fingerprint density at radius 3 is 2.56 bits per heavy atom. The van der Waals surface area contributed by atoms with Gasteiger partial charge in [0.2, 0.25) is 0 Å². The summed E-state index contributed by atoms with van der Waals surface area (Å²) in [6.45, 7) is 4.08. The van der Waals surface area contributed by atoms with Crippen molar-refractivity contribution in [3.05, 3.63) is 40.4 Å². The van der Waals surface area contributed by atoms with Gasteiger partial charge in [0.25, 0.3) is 0 Å². The third-order valence-electron chi connectivity index (χ3n) is 2.44. The molecule has 2 nitrogen and oxygen atoms in total. The van der Waals surface area contributed by atoms with Crippen LogP contribution >= 0.6 is 11.3 Å². The van der Waals surface area contributed by atoms with Crippen molar-refractivity contribution in [1.82, 2.24) is 4.98 Å². The third kappa shape index (κ3) is 2.12. The van der Waals surface area contributed by atoms with E-state index >= 15 is 0 Å². The number of nitriles is 1. The average molecular weight is 228 g/mol. The molecule has 1 heterocycles. The first kappa shape index (κ1) is 10.8. The Bertz CT molecular complexity index is 532. The summed E-state index contributed by atoms with van der Waals surface area (Å²) in [5, 5.41) is 9.68. The van der Waals surface area contributed by atoms with Gasteiger partial charge in [-0.3, -0.25) is 0 Å². The predicted molar refractivity (Wildman–Crippen MR) is 66.3 cm³/mol. The van der Waals surface area contributed by atoms with E-state index in [1.807, 2.05) is 6.92 Å². The molecule has 0 aliphatic carbocycles. The summed E-state index contributed by atoms with van der Waals surface area (Å²) in [6.07, 6.45) is 0.397. The van der Waals surface area contributed by atoms with Crippen LogP contribution in [-0.2, 0) is 6.42 Å². The summed E-state index contributed by atoms with van der Waals surface area (Å²) < 4.78 is 0. The van der Waals surface area contributed by atoms with Crippen LogP contribution in [0.15, 0.2) is 24.3 Å². The molecule has 80 valence electrons. The molecule has 0 atom stereocenters. The van der Waals surface area contributed by atoms with Crippen molar-refractivity contribution >= 4 is 11.3 Å². The van der Waals surface area contributed by atoms with E-state index in [1.54, 1.807) is 11.3 Å². The van der Waals surface area contributed by atoms with Crippen LogP contribution in [0.1, 0.15) is 16.1 Å². The zero-order valence-electron chi connectivity index (χ0n) is 9.32. The van der Waals surface area contributed by atoms with E-state index in [0.29, 0.717) is 6.42 Å². The van der Waals surface area contributed by atoms with E-state index in [2.05, 4.69) is 42.2 Å². The number of hydrogen-bond acceptors (Lipinski definition) is 3. The van der Waals surface area contributed by atoms with Gasteiger partial charge in [-0.1, -0.05) is 29.8 Å². The third-order valence-corrected chi connectivity index (χ3v) is 3.50. The number of aromatic nitrogens is 1. The quantitative estimate of drug-likeness (QED) is 0.788. The second kappa shape index (κ2) is 4.46. The molecule has 2 aromatic rings. The van der Waals surface area contributed by atoms with Crippen LogP contribution in [0.3, 0.4) is 0 Å². The molecular formula is C13H12N2S. The van der Waals surface area contributed by atoms with Crippen LogP contribution in [0.5, 0.6) is 0 Å². The standard InChI is InChI=1S/C13H12N2S/c1-9-3-5-11(6-4-9)13-15-12(7-8-14)10(2)16-13/h3-6H,7H2,1-2H3. The van der Waals surface area contributed by atoms with Crippen molar-refractivity contribution in [2.75, 3.05) is 0 Å². The Balaban J connectivity index is 2.38. The molecule has 0 aliphatic heterocycles. The first-order valence-corrected chi connectivity index (χ1v) is 5.92. The highest BCUT2D eigenvalue weighted by atomic mass is 32.1. The Labute approximate surface area is 99.2 Å². The largest absolute Gasteiger partial charge is 0.240 e. The minimum absolute atomic E-state index is 0.397. The molecule has 0 saturated carbocycles. The lowest BCUT2D eigenvalue weighted by Crippen LogP contribution is -1.84. The zero-order valence-corrected chi connectivity index (χ0v) is 10.1. The summed E-state index contributed by atoms with van der Waals surface area (Å²) >= 11 is 1.65. The Kier molecular flexibility index (Phi) is 3.02. The molecule has 0 aliphatic rings. The monoisotopic (exact) mass is 228 g/mol. The maximum absolute atomic E-state index is 8.67. The van der Waals surface area contributed by atoms with Gasteiger partial charge < -0.3 is 0 Å². The van der Waals surface area contributed by atoms with Crippen LogP contribution in [0.4, 0.5) is 0 Å². The van der Waals surface area contributed by atoms with Crippen LogP contribution in [0.25, 0.3) is 10.6 Å². The van der Waals surface area contributed by atoms with Crippen LogP contribution in [0, 0.1) is 25.2 Å². The zero-order chi connectivity index (χ0) is 11.5. The van der Waals surface area contributed by atoms with Crippen molar-refractivity contribution in [2.45, 2.75) is 20.3 Å². The minimum atomic E-state index is 0.397. The van der Waals surface area contributed by atoms with Crippen molar-refractivity contribution in [2.24, 2.45) is 0 Å². The van der Waals surface area contributed by atoms with E-state index in [0.717, 1.165) is 21.1 Å². The Morgan fingerprint density at radius 1 is 1.25 bits per heavy atom. The highest BCUT2D eigenvalue weighted by Gasteiger charge is 2.08. The molecule has 1 aromatic carbocycles. The summed E-state index contributed by atoms with van der Waals surface area (Å²) in [5.41, 5.74) is 3.28. The number of benzene rings is 1. The van der Waals surface area contributed by atoms with Gasteiger partial charge in [0.1, 0.15) is 5.01 Å². The average Bonchev–Trinajstić information content (AvgIpc) is 2.62. The van der Waals surface area contributed by atoms with E-state index in [1.165, 1.54) is 5.56 Å². The molecule has 0 saturated heterocycles. The van der Waals surface area contributed by atoms with Crippen LogP contribution in [-0.4, -0.2) is 4.98 Å². The molecule has 0 radical (unpaired) electrons. The van der Waals surface area contributed by atoms with Gasteiger partial charge in [0, 0.05) is 10.4 Å². The van der Waals surface area contributed by atoms with Gasteiger partial charge in [-0.2, -0.15) is 5.26 Å². The maximum Gasteiger partial charge on any atom is 0.123 e. The fourth-order valence-electron chi connectivity index (χ4n) is 1.49. The SMILES string of the molecule is Cc1ccc(-c2nc(CC#N)c(C)s2)cc1. The lowest BCUT2D eigenvalue weighted by Gasteiger charge is -1.96. The van der Waals surface area contributed by atoms with Crippen molar-refractivity contribution in [1.29, 1.82) is 5.26 Å². The van der Waals surface area contributed by atoms with Crippen molar-refractivity contribution < 1.29 is 0 Å². The summed E-state index contributed by atoms with van der Waals surface area (Å²) in [4.78, 5) is 5.63. The van der Waals surface area contributed by atoms with Gasteiger partial charge in [-0.05, 0) is 13.8 Å². The second-order valence-corrected chi connectivity index (χ2v) is 4.93. The van der Waals surface area contributed by atoms with Gasteiger partial charge in [0.15, 0.2) is 0 Å². The van der Waals surface area contributed by atoms with Gasteiger partial charge in [-0.15, -0.1) is 11.3 Å². The summed E-state index contributed by atoms with van der Waals surface area (Å²) in [6, 6.07) is 10.4. The molecular weight excluding hydrogens is 216 g/mol. The summed E-state index contributed by atoms with van der Waals surface area (Å²) in [7, 11) is 0. The number of hydrogen-bond donors (Lipinski definition) is 0. The normalized spacial score (nSPS) is 10.1.